The smallest absolute Gasteiger partial charge is 0.391 e. The largest absolute Gasteiger partial charge is 0.495 e. The van der Waals surface area contributed by atoms with Crippen molar-refractivity contribution in [3.63, 3.8) is 0 Å². The van der Waals surface area contributed by atoms with E-state index in [9.17, 15) is 18.3 Å². The standard InChI is InChI=1S/C14H18F3NO2/c1-20-12-6-10(7-18-8-12)13(19)9-3-2-4-11(5-9)14(15,16)17/h6-9,11,13,19H,2-5H2,1H3. The first-order valence-electron chi connectivity index (χ1n) is 6.65. The first-order valence-corrected chi connectivity index (χ1v) is 6.65. The maximum atomic E-state index is 12.8. The molecule has 1 heterocycles. The molecular weight excluding hydrogens is 271 g/mol. The summed E-state index contributed by atoms with van der Waals surface area (Å²) < 4.78 is 43.4. The van der Waals surface area contributed by atoms with E-state index in [4.69, 9.17) is 4.74 Å². The average molecular weight is 289 g/mol. The number of halogens is 3. The van der Waals surface area contributed by atoms with Crippen LogP contribution < -0.4 is 4.74 Å². The Kier molecular flexibility index (Phi) is 4.52. The lowest BCUT2D eigenvalue weighted by Crippen LogP contribution is -2.31. The monoisotopic (exact) mass is 289 g/mol. The van der Waals surface area contributed by atoms with Crippen LogP contribution in [-0.2, 0) is 0 Å². The van der Waals surface area contributed by atoms with E-state index in [0.29, 0.717) is 24.2 Å². The fourth-order valence-electron chi connectivity index (χ4n) is 2.79. The van der Waals surface area contributed by atoms with Crippen LogP contribution in [-0.4, -0.2) is 23.4 Å². The number of alkyl halides is 3. The van der Waals surface area contributed by atoms with E-state index in [1.807, 2.05) is 0 Å². The lowest BCUT2D eigenvalue weighted by Gasteiger charge is -2.33. The highest BCUT2D eigenvalue weighted by Crippen LogP contribution is 2.43. The van der Waals surface area contributed by atoms with Crippen molar-refractivity contribution in [2.45, 2.75) is 38.0 Å². The average Bonchev–Trinajstić information content (AvgIpc) is 2.46. The molecule has 1 aromatic heterocycles. The quantitative estimate of drug-likeness (QED) is 0.926. The Hall–Kier alpha value is -1.30. The molecule has 6 heteroatoms. The highest BCUT2D eigenvalue weighted by molar-refractivity contribution is 5.25. The molecule has 3 atom stereocenters. The SMILES string of the molecule is COc1cncc(C(O)C2CCCC(C(F)(F)F)C2)c1. The normalized spacial score (nSPS) is 25.2. The zero-order valence-corrected chi connectivity index (χ0v) is 11.2. The number of rotatable bonds is 3. The van der Waals surface area contributed by atoms with Crippen molar-refractivity contribution in [1.82, 2.24) is 4.98 Å². The lowest BCUT2D eigenvalue weighted by molar-refractivity contribution is -0.189. The van der Waals surface area contributed by atoms with Crippen LogP contribution in [0.4, 0.5) is 13.2 Å². The van der Waals surface area contributed by atoms with Crippen molar-refractivity contribution in [2.24, 2.45) is 11.8 Å². The molecule has 0 spiro atoms. The fraction of sp³-hybridized carbons (Fsp3) is 0.643. The number of methoxy groups -OCH3 is 1. The third-order valence-electron chi connectivity index (χ3n) is 3.94. The summed E-state index contributed by atoms with van der Waals surface area (Å²) in [5.41, 5.74) is 0.511. The second-order valence-electron chi connectivity index (χ2n) is 5.27. The predicted molar refractivity (Wildman–Crippen MR) is 67.3 cm³/mol. The fourth-order valence-corrected chi connectivity index (χ4v) is 2.79. The highest BCUT2D eigenvalue weighted by Gasteiger charge is 2.43. The van der Waals surface area contributed by atoms with Crippen LogP contribution in [0.5, 0.6) is 5.75 Å². The van der Waals surface area contributed by atoms with Crippen LogP contribution in [0.2, 0.25) is 0 Å². The summed E-state index contributed by atoms with van der Waals surface area (Å²) in [6.45, 7) is 0. The van der Waals surface area contributed by atoms with Gasteiger partial charge in [-0.15, -0.1) is 0 Å². The zero-order chi connectivity index (χ0) is 14.8. The van der Waals surface area contributed by atoms with Crippen molar-refractivity contribution < 1.29 is 23.0 Å². The summed E-state index contributed by atoms with van der Waals surface area (Å²) in [6.07, 6.45) is -0.910. The van der Waals surface area contributed by atoms with Crippen molar-refractivity contribution >= 4 is 0 Å². The van der Waals surface area contributed by atoms with E-state index < -0.39 is 18.2 Å². The number of hydrogen-bond donors (Lipinski definition) is 1. The molecule has 1 N–H and O–H groups in total. The van der Waals surface area contributed by atoms with Crippen LogP contribution in [0, 0.1) is 11.8 Å². The molecule has 1 saturated carbocycles. The van der Waals surface area contributed by atoms with Gasteiger partial charge in [-0.3, -0.25) is 4.98 Å². The zero-order valence-electron chi connectivity index (χ0n) is 11.2. The minimum atomic E-state index is -4.18. The van der Waals surface area contributed by atoms with Gasteiger partial charge in [0.15, 0.2) is 0 Å². The van der Waals surface area contributed by atoms with Gasteiger partial charge in [0, 0.05) is 11.8 Å². The van der Waals surface area contributed by atoms with Gasteiger partial charge >= 0.3 is 6.18 Å². The van der Waals surface area contributed by atoms with Gasteiger partial charge in [0.05, 0.1) is 25.3 Å². The van der Waals surface area contributed by atoms with Crippen LogP contribution in [0.1, 0.15) is 37.4 Å². The van der Waals surface area contributed by atoms with Crippen molar-refractivity contribution in [1.29, 1.82) is 0 Å². The summed E-state index contributed by atoms with van der Waals surface area (Å²) in [5.74, 6) is -1.21. The number of aliphatic hydroxyl groups excluding tert-OH is 1. The minimum absolute atomic E-state index is 0.0259. The summed E-state index contributed by atoms with van der Waals surface area (Å²) in [4.78, 5) is 3.93. The maximum absolute atomic E-state index is 12.8. The Labute approximate surface area is 115 Å². The highest BCUT2D eigenvalue weighted by atomic mass is 19.4. The van der Waals surface area contributed by atoms with Gasteiger partial charge in [0.2, 0.25) is 0 Å². The van der Waals surface area contributed by atoms with E-state index in [0.717, 1.165) is 0 Å². The Morgan fingerprint density at radius 2 is 2.10 bits per heavy atom. The number of nitrogens with zero attached hydrogens (tertiary/aromatic N) is 1. The molecule has 0 radical (unpaired) electrons. The molecule has 0 saturated heterocycles. The second-order valence-corrected chi connectivity index (χ2v) is 5.27. The Morgan fingerprint density at radius 1 is 1.35 bits per heavy atom. The minimum Gasteiger partial charge on any atom is -0.495 e. The van der Waals surface area contributed by atoms with Crippen LogP contribution >= 0.6 is 0 Å². The number of aromatic nitrogens is 1. The Balaban J connectivity index is 2.10. The van der Waals surface area contributed by atoms with E-state index in [1.54, 1.807) is 6.07 Å². The molecule has 0 aromatic carbocycles. The van der Waals surface area contributed by atoms with Gasteiger partial charge in [0.1, 0.15) is 5.75 Å². The van der Waals surface area contributed by atoms with Crippen LogP contribution in [0.25, 0.3) is 0 Å². The topological polar surface area (TPSA) is 42.4 Å². The predicted octanol–water partition coefficient (Wildman–Crippen LogP) is 3.49. The molecule has 3 nitrogen and oxygen atoms in total. The first-order chi connectivity index (χ1) is 9.41. The molecule has 3 unspecified atom stereocenters. The molecule has 112 valence electrons. The van der Waals surface area contributed by atoms with Crippen molar-refractivity contribution in [3.8, 4) is 5.75 Å². The molecule has 2 rings (SSSR count). The molecule has 20 heavy (non-hydrogen) atoms. The van der Waals surface area contributed by atoms with Gasteiger partial charge in [-0.05, 0) is 31.2 Å². The molecule has 1 aliphatic rings. The number of hydrogen-bond acceptors (Lipinski definition) is 3. The summed E-state index contributed by atoms with van der Waals surface area (Å²) in [6, 6.07) is 1.62. The van der Waals surface area contributed by atoms with Crippen molar-refractivity contribution in [2.75, 3.05) is 7.11 Å². The van der Waals surface area contributed by atoms with Gasteiger partial charge < -0.3 is 9.84 Å². The lowest BCUT2D eigenvalue weighted by atomic mass is 9.77. The van der Waals surface area contributed by atoms with Gasteiger partial charge in [-0.25, -0.2) is 0 Å². The van der Waals surface area contributed by atoms with Gasteiger partial charge in [-0.2, -0.15) is 13.2 Å². The second kappa shape index (κ2) is 5.99. The first kappa shape index (κ1) is 15.1. The molecule has 1 fully saturated rings. The van der Waals surface area contributed by atoms with E-state index in [-0.39, 0.29) is 18.8 Å². The number of pyridine rings is 1. The van der Waals surface area contributed by atoms with E-state index >= 15 is 0 Å². The summed E-state index contributed by atoms with van der Waals surface area (Å²) in [5, 5.41) is 10.3. The van der Waals surface area contributed by atoms with Crippen LogP contribution in [0.15, 0.2) is 18.5 Å². The Bertz CT molecular complexity index is 450. The Morgan fingerprint density at radius 3 is 2.75 bits per heavy atom. The maximum Gasteiger partial charge on any atom is 0.391 e. The van der Waals surface area contributed by atoms with E-state index in [1.165, 1.54) is 19.5 Å². The molecule has 1 aliphatic carbocycles. The van der Waals surface area contributed by atoms with Crippen LogP contribution in [0.3, 0.4) is 0 Å². The van der Waals surface area contributed by atoms with Gasteiger partial charge in [-0.1, -0.05) is 6.42 Å². The molecule has 0 aliphatic heterocycles. The third-order valence-corrected chi connectivity index (χ3v) is 3.94. The number of ether oxygens (including phenoxy) is 1. The molecule has 1 aromatic rings. The summed E-state index contributed by atoms with van der Waals surface area (Å²) in [7, 11) is 1.48. The number of aliphatic hydroxyl groups is 1. The summed E-state index contributed by atoms with van der Waals surface area (Å²) >= 11 is 0. The molecule has 0 amide bonds. The molecule has 0 bridgehead atoms. The molecular formula is C14H18F3NO2. The third kappa shape index (κ3) is 3.42. The van der Waals surface area contributed by atoms with E-state index in [2.05, 4.69) is 4.98 Å². The van der Waals surface area contributed by atoms with Gasteiger partial charge in [0.25, 0.3) is 0 Å². The van der Waals surface area contributed by atoms with Crippen molar-refractivity contribution in [3.05, 3.63) is 24.0 Å².